The van der Waals surface area contributed by atoms with Crippen LogP contribution < -0.4 is 44.4 Å². The van der Waals surface area contributed by atoms with Crippen molar-refractivity contribution < 1.29 is 77.8 Å². The Morgan fingerprint density at radius 3 is 1.75 bits per heavy atom. The monoisotopic (exact) mass is 1750 g/mol. The second-order valence-corrected chi connectivity index (χ2v) is 35.7. The number of aromatic amines is 1. The van der Waals surface area contributed by atoms with Gasteiger partial charge in [-0.25, -0.2) is 27.9 Å². The molecule has 0 unspecified atom stereocenters. The van der Waals surface area contributed by atoms with Gasteiger partial charge < -0.3 is 59.2 Å². The number of oxazole rings is 1. The molecule has 648 valence electrons. The normalized spacial score (nSPS) is 15.1. The number of carboxylic acid groups (broad SMARTS) is 1. The first-order valence-corrected chi connectivity index (χ1v) is 44.0. The lowest BCUT2D eigenvalue weighted by Crippen LogP contribution is -2.28. The third kappa shape index (κ3) is 17.9. The number of sulfonamides is 1. The Morgan fingerprint density at radius 1 is 0.516 bits per heavy atom. The van der Waals surface area contributed by atoms with E-state index in [4.69, 9.17) is 51.3 Å². The number of amides is 3. The molecular formula is C101H99Cl2N7O15S. The smallest absolute Gasteiger partial charge is 0.335 e. The highest BCUT2D eigenvalue weighted by atomic mass is 35.5. The number of benzene rings is 11. The number of phenolic OH excluding ortho intramolecular Hbond substituents is 1. The van der Waals surface area contributed by atoms with E-state index in [1.54, 1.807) is 31.4 Å². The molecule has 11 aromatic carbocycles. The third-order valence-electron chi connectivity index (χ3n) is 24.4. The fourth-order valence-electron chi connectivity index (χ4n) is 16.3. The molecule has 3 aromatic heterocycles. The zero-order valence-corrected chi connectivity index (χ0v) is 72.2. The molecule has 22 nitrogen and oxygen atoms in total. The van der Waals surface area contributed by atoms with Gasteiger partial charge >= 0.3 is 5.97 Å². The Labute approximate surface area is 745 Å². The van der Waals surface area contributed by atoms with Crippen LogP contribution in [0.25, 0.3) is 67.0 Å². The van der Waals surface area contributed by atoms with Gasteiger partial charge in [-0.2, -0.15) is 0 Å². The van der Waals surface area contributed by atoms with Crippen molar-refractivity contribution >= 4 is 102 Å². The van der Waals surface area contributed by atoms with Gasteiger partial charge in [0.2, 0.25) is 47.2 Å². The lowest BCUT2D eigenvalue weighted by atomic mass is 9.87. The maximum absolute atomic E-state index is 13.4. The summed E-state index contributed by atoms with van der Waals surface area (Å²) < 4.78 is 58.0. The number of methoxy groups -OCH3 is 1. The quantitative estimate of drug-likeness (QED) is 0.0332. The number of Topliss-reactive ketones (excluding diaryl/α,β-unsaturated/α-hetero) is 1. The molecule has 0 spiro atoms. The van der Waals surface area contributed by atoms with Crippen molar-refractivity contribution in [2.24, 2.45) is 0 Å². The number of aromatic nitrogens is 3. The zero-order chi connectivity index (χ0) is 88.0. The van der Waals surface area contributed by atoms with Crippen LogP contribution in [0.15, 0.2) is 247 Å². The van der Waals surface area contributed by atoms with Gasteiger partial charge in [0.25, 0.3) is 0 Å². The highest BCUT2D eigenvalue weighted by Gasteiger charge is 2.54. The van der Waals surface area contributed by atoms with E-state index in [9.17, 15) is 42.6 Å². The second kappa shape index (κ2) is 34.5. The first kappa shape index (κ1) is 84.6. The summed E-state index contributed by atoms with van der Waals surface area (Å²) in [7, 11) is -1.63. The van der Waals surface area contributed by atoms with Crippen LogP contribution in [0.3, 0.4) is 0 Å². The molecule has 0 bridgehead atoms. The van der Waals surface area contributed by atoms with Crippen molar-refractivity contribution in [2.45, 2.75) is 114 Å². The van der Waals surface area contributed by atoms with Crippen LogP contribution in [0.4, 0.5) is 17.1 Å². The van der Waals surface area contributed by atoms with Crippen molar-refractivity contribution in [1.29, 1.82) is 0 Å². The number of carbonyl (C=O) groups is 5. The molecule has 6 aliphatic rings. The van der Waals surface area contributed by atoms with E-state index in [1.807, 2.05) is 203 Å². The van der Waals surface area contributed by atoms with E-state index in [0.29, 0.717) is 40.0 Å². The van der Waals surface area contributed by atoms with Gasteiger partial charge in [-0.3, -0.25) is 19.2 Å². The number of ether oxygens (including phenoxy) is 5. The van der Waals surface area contributed by atoms with Crippen LogP contribution in [0, 0.1) is 27.7 Å². The van der Waals surface area contributed by atoms with E-state index in [1.165, 1.54) is 17.7 Å². The van der Waals surface area contributed by atoms with E-state index in [-0.39, 0.29) is 67.1 Å². The number of nitrogens with one attached hydrogen (secondary N) is 5. The topological polar surface area (TPSA) is 309 Å². The lowest BCUT2D eigenvalue weighted by molar-refractivity contribution is -0.121. The number of ketones is 1. The molecule has 14 aromatic rings. The number of aromatic carboxylic acids is 1. The first-order valence-electron chi connectivity index (χ1n) is 41.4. The molecule has 4 saturated carbocycles. The molecule has 126 heavy (non-hydrogen) atoms. The van der Waals surface area contributed by atoms with Gasteiger partial charge in [0, 0.05) is 76.7 Å². The van der Waals surface area contributed by atoms with E-state index >= 15 is 0 Å². The second-order valence-electron chi connectivity index (χ2n) is 33.0. The summed E-state index contributed by atoms with van der Waals surface area (Å²) in [6, 6.07) is 71.8. The van der Waals surface area contributed by atoms with Gasteiger partial charge in [-0.1, -0.05) is 126 Å². The van der Waals surface area contributed by atoms with Crippen LogP contribution in [0.1, 0.15) is 124 Å². The minimum absolute atomic E-state index is 0. The number of H-pyrrole nitrogens is 1. The number of pyridine rings is 1. The molecule has 3 amide bonds. The molecule has 5 heterocycles. The number of fused-ring (bicyclic) bond motifs is 4. The highest BCUT2D eigenvalue weighted by molar-refractivity contribution is 7.88. The number of hydrogen-bond acceptors (Lipinski definition) is 16. The van der Waals surface area contributed by atoms with Crippen molar-refractivity contribution in [2.75, 3.05) is 42.9 Å². The van der Waals surface area contributed by atoms with Crippen molar-refractivity contribution in [3.63, 3.8) is 0 Å². The van der Waals surface area contributed by atoms with Crippen LogP contribution in [-0.2, 0) is 63.8 Å². The molecule has 4 aliphatic carbocycles. The summed E-state index contributed by atoms with van der Waals surface area (Å²) in [5.74, 6) is 3.29. The summed E-state index contributed by atoms with van der Waals surface area (Å²) in [5.41, 5.74) is 18.8. The Hall–Kier alpha value is -13.6. The van der Waals surface area contributed by atoms with Gasteiger partial charge in [0.05, 0.1) is 45.6 Å². The van der Waals surface area contributed by atoms with E-state index < -0.39 is 37.7 Å². The van der Waals surface area contributed by atoms with Gasteiger partial charge in [-0.15, -0.1) is 0 Å². The molecule has 0 radical (unpaired) electrons. The number of aryl methyl sites for hydroxylation is 4. The fraction of sp³-hybridized carbons (Fsp3) is 0.218. The summed E-state index contributed by atoms with van der Waals surface area (Å²) >= 11 is 12.4. The average Bonchev–Trinajstić information content (AvgIpc) is 1.62. The van der Waals surface area contributed by atoms with E-state index in [0.717, 1.165) is 192 Å². The minimum Gasteiger partial charge on any atom is -0.506 e. The number of carbonyl (C=O) groups excluding carboxylic acids is 4. The molecule has 0 atom stereocenters. The van der Waals surface area contributed by atoms with Crippen molar-refractivity contribution in [1.82, 2.24) is 19.7 Å². The number of rotatable bonds is 22. The first-order chi connectivity index (χ1) is 60.6. The largest absolute Gasteiger partial charge is 0.506 e. The Bertz CT molecular complexity index is 6800. The number of carboxylic acids is 1. The number of phenols is 1. The Morgan fingerprint density at radius 2 is 1.10 bits per heavy atom. The van der Waals surface area contributed by atoms with Gasteiger partial charge in [0.1, 0.15) is 28.4 Å². The number of nitrogens with zero attached hydrogens (tertiary/aromatic N) is 2. The van der Waals surface area contributed by atoms with Crippen LogP contribution in [0.2, 0.25) is 10.0 Å². The molecule has 2 aliphatic heterocycles. The fourth-order valence-corrected chi connectivity index (χ4v) is 17.1. The molecule has 4 fully saturated rings. The number of anilines is 3. The molecule has 0 saturated heterocycles. The summed E-state index contributed by atoms with van der Waals surface area (Å²) in [6.45, 7) is 8.72. The predicted octanol–water partition coefficient (Wildman–Crippen LogP) is 22.0. The third-order valence-corrected chi connectivity index (χ3v) is 25.7. The lowest BCUT2D eigenvalue weighted by Gasteiger charge is -2.17. The molecule has 25 heteroatoms. The van der Waals surface area contributed by atoms with E-state index in [2.05, 4.69) is 66.8 Å². The van der Waals surface area contributed by atoms with Gasteiger partial charge in [-0.05, 0) is 284 Å². The van der Waals surface area contributed by atoms with Crippen molar-refractivity contribution in [3.8, 4) is 79.3 Å². The van der Waals surface area contributed by atoms with Crippen LogP contribution >= 0.6 is 23.2 Å². The minimum atomic E-state index is -3.24. The maximum Gasteiger partial charge on any atom is 0.335 e. The SMILES string of the molecule is COc1ccc(C2(C(=O)Nc3ccc(C)c(-c4cc(C(=O)O)ccc4Cl)c3)CC2)cc1.CS(=O)(=O)NCc1ccc(-c2cccc(NC(=O)C3(c4ccc(O)c(Cl)c4)CC3)c2)cc1.Cc1ccc(CC(=O)C2(c3ccc4c(c3)OCO4)CC2)cc1-c1cnc2[nH]ccc2c1.Cc1ccc2nc(-c3ccc(C)c(NC(=O)C4(c5ccc6c(c5)OCO6)CC4)c3)oc2c1.[HH].[HH].[HH].[HH].[HH]. The molecule has 20 rings (SSSR count). The standard InChI is InChI=1S/C26H22N2O4.C26H22N2O3.C25H22ClNO4.C24H23ClN2O4S.5H2/c1-15-3-7-19-22(11-15)32-24(27-19)17-5-4-16(2)20(12-17)28-25(29)26(9-10-26)18-6-8-21-23(13-18)31-14-30-21;1-16-2-3-17(10-21(16)19-12-18-6-9-27-25(18)28-14-19)11-24(29)26(7-8-26)20-4-5-22-23(13-20)31-15-30-22;1-15-3-7-18(14-20(15)21-13-16(23(28)29)4-10-22(21)26)27-24(30)25(11-12-25)17-5-8-19(31-2)9-6-17;1-32(30,31)26-15-16-5-7-17(8-6-16)18-3-2-4-20(13-18)27-23(29)24(11-12-24)19-9-10-22(28)21(25)14-19;;;;;/h3-8,11-13H,9-10,14H2,1-2H3,(H,28,29);2-6,9-10,12-14H,7-8,11,15H2,1H3,(H,27,28);3-10,13-14H,11-12H2,1-2H3,(H,27,30)(H,28,29);2-10,13-14,26,28H,11-12,15H2,1H3,(H,27,29);5*1H. The van der Waals surface area contributed by atoms with Crippen LogP contribution in [0.5, 0.6) is 34.5 Å². The Kier molecular flexibility index (Phi) is 23.2. The van der Waals surface area contributed by atoms with Gasteiger partial charge in [0.15, 0.2) is 28.6 Å². The molecule has 7 N–H and O–H groups in total. The number of hydrogen-bond donors (Lipinski definition) is 7. The maximum atomic E-state index is 13.4. The number of halogens is 2. The highest BCUT2D eigenvalue weighted by Crippen LogP contribution is 2.55. The zero-order valence-electron chi connectivity index (χ0n) is 69.8. The number of aromatic hydroxyl groups is 1. The molecular weight excluding hydrogens is 1650 g/mol. The summed E-state index contributed by atoms with van der Waals surface area (Å²) in [4.78, 5) is 76.6. The Balaban J connectivity index is 0.000000156. The predicted molar refractivity (Wildman–Crippen MR) is 497 cm³/mol. The van der Waals surface area contributed by atoms with Crippen molar-refractivity contribution in [3.05, 3.63) is 314 Å². The average molecular weight is 1750 g/mol. The van der Waals surface area contributed by atoms with Crippen LogP contribution in [-0.4, -0.2) is 90.0 Å². The summed E-state index contributed by atoms with van der Waals surface area (Å²) in [6.07, 6.45) is 11.7. The summed E-state index contributed by atoms with van der Waals surface area (Å²) in [5, 5.41) is 30.0.